The highest BCUT2D eigenvalue weighted by Gasteiger charge is 2.62. The van der Waals surface area contributed by atoms with Crippen LogP contribution in [-0.4, -0.2) is 45.6 Å². The van der Waals surface area contributed by atoms with Crippen LogP contribution in [0.5, 0.6) is 5.75 Å². The number of unbranched alkanes of at least 4 members (excludes halogenated alkanes) is 1. The third kappa shape index (κ3) is 2.96. The van der Waals surface area contributed by atoms with Crippen LogP contribution in [0.2, 0.25) is 0 Å². The number of phenols is 1. The lowest BCUT2D eigenvalue weighted by molar-refractivity contribution is -0.164. The Morgan fingerprint density at radius 2 is 2.11 bits per heavy atom. The molecule has 1 saturated carbocycles. The molecule has 2 fully saturated rings. The standard InChI is InChI=1S/C22H30N2O3/c1-4-5-11-24-12-10-21(13-18(25)8-9-22(21,27)16(24)3)19-15(2)6-7-17(14-23)20(19)26/h6-7,16,26-27H,4-5,8-13H2,1-3H3. The highest BCUT2D eigenvalue weighted by molar-refractivity contribution is 5.82. The zero-order valence-electron chi connectivity index (χ0n) is 16.6. The summed E-state index contributed by atoms with van der Waals surface area (Å²) in [5.74, 6) is 0.0508. The molecule has 2 aliphatic rings. The highest BCUT2D eigenvalue weighted by atomic mass is 16.3. The highest BCUT2D eigenvalue weighted by Crippen LogP contribution is 2.56. The number of carbonyl (C=O) groups is 1. The average Bonchev–Trinajstić information content (AvgIpc) is 2.64. The van der Waals surface area contributed by atoms with E-state index in [1.54, 1.807) is 6.07 Å². The smallest absolute Gasteiger partial charge is 0.137 e. The number of aryl methyl sites for hydroxylation is 1. The first kappa shape index (κ1) is 19.9. The number of hydrogen-bond acceptors (Lipinski definition) is 5. The summed E-state index contributed by atoms with van der Waals surface area (Å²) in [4.78, 5) is 14.8. The van der Waals surface area contributed by atoms with E-state index < -0.39 is 11.0 Å². The molecule has 0 bridgehead atoms. The molecule has 1 heterocycles. The summed E-state index contributed by atoms with van der Waals surface area (Å²) in [6.45, 7) is 7.78. The Hall–Kier alpha value is -1.90. The van der Waals surface area contributed by atoms with Gasteiger partial charge in [-0.3, -0.25) is 9.69 Å². The Bertz CT molecular complexity index is 784. The first-order chi connectivity index (χ1) is 12.8. The van der Waals surface area contributed by atoms with E-state index in [-0.39, 0.29) is 29.6 Å². The van der Waals surface area contributed by atoms with E-state index in [0.29, 0.717) is 24.8 Å². The molecule has 3 atom stereocenters. The first-order valence-corrected chi connectivity index (χ1v) is 10.0. The second-order valence-electron chi connectivity index (χ2n) is 8.30. The van der Waals surface area contributed by atoms with E-state index in [0.717, 1.165) is 31.5 Å². The van der Waals surface area contributed by atoms with Crippen LogP contribution in [-0.2, 0) is 10.2 Å². The fourth-order valence-electron chi connectivity index (χ4n) is 5.37. The second kappa shape index (κ2) is 7.26. The molecule has 3 unspecified atom stereocenters. The molecule has 27 heavy (non-hydrogen) atoms. The number of ketones is 1. The molecule has 1 aromatic rings. The number of piperidine rings is 1. The summed E-state index contributed by atoms with van der Waals surface area (Å²) in [6, 6.07) is 5.34. The van der Waals surface area contributed by atoms with Gasteiger partial charge in [0, 0.05) is 29.9 Å². The molecule has 2 N–H and O–H groups in total. The lowest BCUT2D eigenvalue weighted by Gasteiger charge is -2.60. The fourth-order valence-corrected chi connectivity index (χ4v) is 5.37. The number of rotatable bonds is 4. The van der Waals surface area contributed by atoms with Gasteiger partial charge in [-0.25, -0.2) is 0 Å². The molecular formula is C22H30N2O3. The van der Waals surface area contributed by atoms with Crippen molar-refractivity contribution in [2.45, 2.75) is 76.4 Å². The predicted octanol–water partition coefficient (Wildman–Crippen LogP) is 3.19. The molecule has 1 aromatic carbocycles. The third-order valence-corrected chi connectivity index (χ3v) is 6.96. The van der Waals surface area contributed by atoms with Crippen LogP contribution in [0.15, 0.2) is 12.1 Å². The van der Waals surface area contributed by atoms with Crippen LogP contribution in [0.25, 0.3) is 0 Å². The minimum atomic E-state index is -1.11. The Labute approximate surface area is 161 Å². The number of aromatic hydroxyl groups is 1. The zero-order chi connectivity index (χ0) is 19.8. The summed E-state index contributed by atoms with van der Waals surface area (Å²) in [6.07, 6.45) is 3.74. The van der Waals surface area contributed by atoms with Crippen LogP contribution in [0.1, 0.15) is 69.1 Å². The number of Topliss-reactive ketones (excluding diaryl/α,β-unsaturated/α-hetero) is 1. The van der Waals surface area contributed by atoms with Crippen LogP contribution >= 0.6 is 0 Å². The quantitative estimate of drug-likeness (QED) is 0.850. The van der Waals surface area contributed by atoms with E-state index in [9.17, 15) is 20.3 Å². The van der Waals surface area contributed by atoms with Crippen molar-refractivity contribution in [3.8, 4) is 11.8 Å². The van der Waals surface area contributed by atoms with Gasteiger partial charge >= 0.3 is 0 Å². The maximum atomic E-state index is 12.5. The van der Waals surface area contributed by atoms with Crippen molar-refractivity contribution < 1.29 is 15.0 Å². The summed E-state index contributed by atoms with van der Waals surface area (Å²) >= 11 is 0. The topological polar surface area (TPSA) is 84.6 Å². The third-order valence-electron chi connectivity index (χ3n) is 6.96. The molecule has 3 rings (SSSR count). The summed E-state index contributed by atoms with van der Waals surface area (Å²) < 4.78 is 0. The molecule has 1 aliphatic heterocycles. The van der Waals surface area contributed by atoms with Crippen molar-refractivity contribution in [3.05, 3.63) is 28.8 Å². The number of hydrogen-bond donors (Lipinski definition) is 2. The van der Waals surface area contributed by atoms with Crippen LogP contribution in [0.4, 0.5) is 0 Å². The van der Waals surface area contributed by atoms with Gasteiger partial charge in [-0.05, 0) is 57.8 Å². The van der Waals surface area contributed by atoms with E-state index in [2.05, 4.69) is 11.8 Å². The number of fused-ring (bicyclic) bond motifs is 1. The normalized spacial score (nSPS) is 31.4. The summed E-state index contributed by atoms with van der Waals surface area (Å²) in [7, 11) is 0. The lowest BCUT2D eigenvalue weighted by atomic mass is 9.53. The molecule has 1 saturated heterocycles. The van der Waals surface area contributed by atoms with Crippen molar-refractivity contribution >= 4 is 5.78 Å². The van der Waals surface area contributed by atoms with Crippen molar-refractivity contribution in [2.75, 3.05) is 13.1 Å². The largest absolute Gasteiger partial charge is 0.506 e. The van der Waals surface area contributed by atoms with E-state index >= 15 is 0 Å². The zero-order valence-corrected chi connectivity index (χ0v) is 16.6. The van der Waals surface area contributed by atoms with Gasteiger partial charge in [0.15, 0.2) is 0 Å². The molecule has 0 aromatic heterocycles. The van der Waals surface area contributed by atoms with Gasteiger partial charge in [0.1, 0.15) is 17.6 Å². The molecule has 5 heteroatoms. The number of nitriles is 1. The van der Waals surface area contributed by atoms with Crippen LogP contribution < -0.4 is 0 Å². The molecule has 0 radical (unpaired) electrons. The summed E-state index contributed by atoms with van der Waals surface area (Å²) in [5.41, 5.74) is -0.325. The molecular weight excluding hydrogens is 340 g/mol. The fraction of sp³-hybridized carbons (Fsp3) is 0.636. The number of carbonyl (C=O) groups excluding carboxylic acids is 1. The number of nitrogens with zero attached hydrogens (tertiary/aromatic N) is 2. The predicted molar refractivity (Wildman–Crippen MR) is 104 cm³/mol. The van der Waals surface area contributed by atoms with Crippen molar-refractivity contribution in [3.63, 3.8) is 0 Å². The Morgan fingerprint density at radius 3 is 2.78 bits per heavy atom. The van der Waals surface area contributed by atoms with Crippen LogP contribution in [0, 0.1) is 18.3 Å². The minimum Gasteiger partial charge on any atom is -0.506 e. The molecule has 1 aliphatic carbocycles. The molecule has 146 valence electrons. The summed E-state index contributed by atoms with van der Waals surface area (Å²) in [5, 5.41) is 32.3. The number of benzene rings is 1. The number of phenolic OH excluding ortho intramolecular Hbond substituents is 1. The Morgan fingerprint density at radius 1 is 1.37 bits per heavy atom. The van der Waals surface area contributed by atoms with E-state index in [1.165, 1.54) is 0 Å². The van der Waals surface area contributed by atoms with Crippen molar-refractivity contribution in [1.29, 1.82) is 5.26 Å². The number of likely N-dealkylation sites (tertiary alicyclic amines) is 1. The van der Waals surface area contributed by atoms with Gasteiger partial charge in [-0.1, -0.05) is 19.4 Å². The van der Waals surface area contributed by atoms with Gasteiger partial charge in [0.05, 0.1) is 11.2 Å². The SMILES string of the molecule is CCCCN1CCC2(c3c(C)ccc(C#N)c3O)CC(=O)CCC2(O)C1C. The molecule has 0 spiro atoms. The van der Waals surface area contributed by atoms with Gasteiger partial charge in [0.2, 0.25) is 0 Å². The minimum absolute atomic E-state index is 0.0696. The lowest BCUT2D eigenvalue weighted by Crippen LogP contribution is -2.70. The van der Waals surface area contributed by atoms with Gasteiger partial charge in [0.25, 0.3) is 0 Å². The van der Waals surface area contributed by atoms with E-state index in [4.69, 9.17) is 0 Å². The first-order valence-electron chi connectivity index (χ1n) is 10.0. The maximum absolute atomic E-state index is 12.5. The van der Waals surface area contributed by atoms with E-state index in [1.807, 2.05) is 26.0 Å². The Balaban J connectivity index is 2.16. The average molecular weight is 370 g/mol. The molecule has 5 nitrogen and oxygen atoms in total. The van der Waals surface area contributed by atoms with Gasteiger partial charge < -0.3 is 10.2 Å². The second-order valence-corrected chi connectivity index (χ2v) is 8.30. The van der Waals surface area contributed by atoms with Crippen molar-refractivity contribution in [2.24, 2.45) is 0 Å². The van der Waals surface area contributed by atoms with Gasteiger partial charge in [-0.2, -0.15) is 5.26 Å². The van der Waals surface area contributed by atoms with Gasteiger partial charge in [-0.15, -0.1) is 0 Å². The van der Waals surface area contributed by atoms with Crippen LogP contribution in [0.3, 0.4) is 0 Å². The Kier molecular flexibility index (Phi) is 5.33. The maximum Gasteiger partial charge on any atom is 0.137 e. The van der Waals surface area contributed by atoms with Crippen molar-refractivity contribution in [1.82, 2.24) is 4.90 Å². The monoisotopic (exact) mass is 370 g/mol. The molecule has 0 amide bonds. The number of aliphatic hydroxyl groups is 1.